The topological polar surface area (TPSA) is 52.5 Å². The second-order valence-electron chi connectivity index (χ2n) is 5.33. The van der Waals surface area contributed by atoms with Crippen molar-refractivity contribution in [1.29, 1.82) is 0 Å². The van der Waals surface area contributed by atoms with Gasteiger partial charge in [-0.1, -0.05) is 30.3 Å². The van der Waals surface area contributed by atoms with Crippen molar-refractivity contribution in [1.82, 2.24) is 5.32 Å². The number of fused-ring (bicyclic) bond motifs is 1. The maximum atomic E-state index is 9.50. The zero-order valence-electron chi connectivity index (χ0n) is 11.3. The first-order valence-electron chi connectivity index (χ1n) is 7.00. The van der Waals surface area contributed by atoms with Crippen molar-refractivity contribution in [3.8, 4) is 5.75 Å². The van der Waals surface area contributed by atoms with Crippen molar-refractivity contribution in [2.24, 2.45) is 0 Å². The Labute approximate surface area is 118 Å². The molecule has 3 heteroatoms. The number of phenolic OH excluding ortho intramolecular Hbond substituents is 1. The van der Waals surface area contributed by atoms with E-state index in [2.05, 4.69) is 5.32 Å². The maximum Gasteiger partial charge on any atom is 0.115 e. The molecule has 3 N–H and O–H groups in total. The molecule has 3 rings (SSSR count). The van der Waals surface area contributed by atoms with Crippen LogP contribution >= 0.6 is 0 Å². The van der Waals surface area contributed by atoms with E-state index in [0.29, 0.717) is 11.8 Å². The van der Waals surface area contributed by atoms with Gasteiger partial charge < -0.3 is 15.5 Å². The summed E-state index contributed by atoms with van der Waals surface area (Å²) in [4.78, 5) is 0. The molecule has 0 amide bonds. The summed E-state index contributed by atoms with van der Waals surface area (Å²) in [6.07, 6.45) is 2.10. The molecule has 0 bridgehead atoms. The molecule has 0 aliphatic heterocycles. The van der Waals surface area contributed by atoms with Crippen molar-refractivity contribution in [3.63, 3.8) is 0 Å². The summed E-state index contributed by atoms with van der Waals surface area (Å²) in [6, 6.07) is 14.0. The lowest BCUT2D eigenvalue weighted by Gasteiger charge is -2.14. The second-order valence-corrected chi connectivity index (χ2v) is 5.33. The van der Waals surface area contributed by atoms with Crippen LogP contribution in [0.15, 0.2) is 42.5 Å². The highest BCUT2D eigenvalue weighted by atomic mass is 16.3. The van der Waals surface area contributed by atoms with E-state index in [4.69, 9.17) is 5.11 Å². The fourth-order valence-corrected chi connectivity index (χ4v) is 2.82. The summed E-state index contributed by atoms with van der Waals surface area (Å²) in [7, 11) is 0. The van der Waals surface area contributed by atoms with E-state index in [9.17, 15) is 5.11 Å². The summed E-state index contributed by atoms with van der Waals surface area (Å²) in [5.74, 6) is 0.351. The van der Waals surface area contributed by atoms with Gasteiger partial charge in [-0.15, -0.1) is 0 Å². The Balaban J connectivity index is 1.65. The van der Waals surface area contributed by atoms with Gasteiger partial charge in [-0.05, 0) is 47.2 Å². The normalized spacial score (nSPS) is 17.1. The molecule has 1 aliphatic carbocycles. The van der Waals surface area contributed by atoms with Gasteiger partial charge in [0, 0.05) is 12.6 Å². The average Bonchev–Trinajstić information content (AvgIpc) is 2.88. The molecule has 0 radical (unpaired) electrons. The van der Waals surface area contributed by atoms with Crippen LogP contribution < -0.4 is 5.32 Å². The Morgan fingerprint density at radius 2 is 1.80 bits per heavy atom. The fraction of sp³-hybridized carbons (Fsp3) is 0.294. The number of aromatic hydroxyl groups is 1. The van der Waals surface area contributed by atoms with E-state index in [-0.39, 0.29) is 6.61 Å². The van der Waals surface area contributed by atoms with E-state index in [1.54, 1.807) is 6.07 Å². The number of aryl methyl sites for hydroxylation is 1. The Bertz CT molecular complexity index is 592. The molecule has 0 heterocycles. The molecular formula is C17H19NO2. The van der Waals surface area contributed by atoms with Gasteiger partial charge in [-0.25, -0.2) is 0 Å². The first-order chi connectivity index (χ1) is 9.76. The van der Waals surface area contributed by atoms with Crippen molar-refractivity contribution in [3.05, 3.63) is 64.7 Å². The molecule has 2 aromatic carbocycles. The Morgan fingerprint density at radius 3 is 2.55 bits per heavy atom. The Hall–Kier alpha value is -1.84. The number of phenols is 1. The number of nitrogens with one attached hydrogen (secondary N) is 1. The summed E-state index contributed by atoms with van der Waals surface area (Å²) >= 11 is 0. The largest absolute Gasteiger partial charge is 0.508 e. The van der Waals surface area contributed by atoms with Crippen molar-refractivity contribution in [2.75, 3.05) is 0 Å². The monoisotopic (exact) mass is 269 g/mol. The minimum Gasteiger partial charge on any atom is -0.508 e. The third kappa shape index (κ3) is 2.69. The predicted octanol–water partition coefficient (Wildman–Crippen LogP) is 2.66. The van der Waals surface area contributed by atoms with Crippen LogP contribution in [0.3, 0.4) is 0 Å². The molecule has 20 heavy (non-hydrogen) atoms. The van der Waals surface area contributed by atoms with Crippen molar-refractivity contribution >= 4 is 0 Å². The predicted molar refractivity (Wildman–Crippen MR) is 78.4 cm³/mol. The lowest BCUT2D eigenvalue weighted by Crippen LogP contribution is -2.18. The minimum absolute atomic E-state index is 0.0905. The van der Waals surface area contributed by atoms with Gasteiger partial charge in [-0.3, -0.25) is 0 Å². The third-order valence-electron chi connectivity index (χ3n) is 3.96. The number of aliphatic hydroxyl groups is 1. The molecular weight excluding hydrogens is 250 g/mol. The third-order valence-corrected chi connectivity index (χ3v) is 3.96. The SMILES string of the molecule is OCc1ccc(CNC2CCc3cc(O)ccc32)cc1. The second kappa shape index (κ2) is 5.65. The number of aliphatic hydroxyl groups excluding tert-OH is 1. The highest BCUT2D eigenvalue weighted by Gasteiger charge is 2.21. The summed E-state index contributed by atoms with van der Waals surface area (Å²) < 4.78 is 0. The highest BCUT2D eigenvalue weighted by Crippen LogP contribution is 2.33. The molecule has 0 fully saturated rings. The lowest BCUT2D eigenvalue weighted by molar-refractivity contribution is 0.282. The molecule has 2 aromatic rings. The van der Waals surface area contributed by atoms with E-state index in [1.807, 2.05) is 36.4 Å². The van der Waals surface area contributed by atoms with Crippen LogP contribution in [0.4, 0.5) is 0 Å². The van der Waals surface area contributed by atoms with Crippen molar-refractivity contribution in [2.45, 2.75) is 32.0 Å². The lowest BCUT2D eigenvalue weighted by atomic mass is 10.1. The molecule has 1 unspecified atom stereocenters. The van der Waals surface area contributed by atoms with Crippen LogP contribution in [-0.4, -0.2) is 10.2 Å². The van der Waals surface area contributed by atoms with Gasteiger partial charge in [0.2, 0.25) is 0 Å². The van der Waals surface area contributed by atoms with Gasteiger partial charge in [0.1, 0.15) is 5.75 Å². The number of benzene rings is 2. The van der Waals surface area contributed by atoms with Gasteiger partial charge in [0.05, 0.1) is 6.61 Å². The van der Waals surface area contributed by atoms with Gasteiger partial charge >= 0.3 is 0 Å². The van der Waals surface area contributed by atoms with Gasteiger partial charge in [0.15, 0.2) is 0 Å². The number of hydrogen-bond acceptors (Lipinski definition) is 3. The molecule has 0 aromatic heterocycles. The zero-order chi connectivity index (χ0) is 13.9. The standard InChI is InChI=1S/C17H19NO2/c19-11-13-3-1-12(2-4-13)10-18-17-8-5-14-9-15(20)6-7-16(14)17/h1-4,6-7,9,17-20H,5,8,10-11H2. The smallest absolute Gasteiger partial charge is 0.115 e. The Kier molecular flexibility index (Phi) is 3.72. The number of rotatable bonds is 4. The zero-order valence-corrected chi connectivity index (χ0v) is 11.3. The first kappa shape index (κ1) is 13.2. The molecule has 1 aliphatic rings. The molecule has 104 valence electrons. The summed E-state index contributed by atoms with van der Waals surface area (Å²) in [5.41, 5.74) is 4.71. The van der Waals surface area contributed by atoms with Crippen LogP contribution in [0.2, 0.25) is 0 Å². The molecule has 3 nitrogen and oxygen atoms in total. The van der Waals surface area contributed by atoms with Crippen LogP contribution in [0, 0.1) is 0 Å². The molecule has 1 atom stereocenters. The maximum absolute atomic E-state index is 9.50. The minimum atomic E-state index is 0.0905. The van der Waals surface area contributed by atoms with Crippen LogP contribution in [0.25, 0.3) is 0 Å². The van der Waals surface area contributed by atoms with Gasteiger partial charge in [0.25, 0.3) is 0 Å². The number of hydrogen-bond donors (Lipinski definition) is 3. The van der Waals surface area contributed by atoms with E-state index >= 15 is 0 Å². The van der Waals surface area contributed by atoms with Gasteiger partial charge in [-0.2, -0.15) is 0 Å². The summed E-state index contributed by atoms with van der Waals surface area (Å²) in [5, 5.41) is 22.1. The average molecular weight is 269 g/mol. The van der Waals surface area contributed by atoms with E-state index < -0.39 is 0 Å². The highest BCUT2D eigenvalue weighted by molar-refractivity contribution is 5.40. The fourth-order valence-electron chi connectivity index (χ4n) is 2.82. The quantitative estimate of drug-likeness (QED) is 0.800. The summed E-state index contributed by atoms with van der Waals surface area (Å²) in [6.45, 7) is 0.907. The van der Waals surface area contributed by atoms with Crippen molar-refractivity contribution < 1.29 is 10.2 Å². The van der Waals surface area contributed by atoms with E-state index in [0.717, 1.165) is 24.9 Å². The van der Waals surface area contributed by atoms with E-state index in [1.165, 1.54) is 16.7 Å². The first-order valence-corrected chi connectivity index (χ1v) is 7.00. The molecule has 0 spiro atoms. The van der Waals surface area contributed by atoms with Crippen LogP contribution in [-0.2, 0) is 19.6 Å². The molecule has 0 saturated carbocycles. The van der Waals surface area contributed by atoms with Crippen LogP contribution in [0.5, 0.6) is 5.75 Å². The Morgan fingerprint density at radius 1 is 1.05 bits per heavy atom. The van der Waals surface area contributed by atoms with Crippen LogP contribution in [0.1, 0.15) is 34.7 Å². The molecule has 0 saturated heterocycles.